The zero-order valence-electron chi connectivity index (χ0n) is 15.5. The molecule has 4 aromatic rings. The third-order valence-electron chi connectivity index (χ3n) is 5.13. The van der Waals surface area contributed by atoms with E-state index in [0.29, 0.717) is 5.69 Å². The van der Waals surface area contributed by atoms with Crippen molar-refractivity contribution < 1.29 is 5.11 Å². The highest BCUT2D eigenvalue weighted by Gasteiger charge is 2.38. The van der Waals surface area contributed by atoms with Gasteiger partial charge in [0.2, 0.25) is 0 Å². The van der Waals surface area contributed by atoms with Gasteiger partial charge in [0.25, 0.3) is 0 Å². The van der Waals surface area contributed by atoms with E-state index in [0.717, 1.165) is 16.7 Å². The molecule has 1 heterocycles. The fourth-order valence-electron chi connectivity index (χ4n) is 3.80. The summed E-state index contributed by atoms with van der Waals surface area (Å²) in [6, 6.07) is 31.1. The van der Waals surface area contributed by atoms with Crippen molar-refractivity contribution in [3.05, 3.63) is 126 Å². The van der Waals surface area contributed by atoms with Crippen LogP contribution in [0, 0.1) is 0 Å². The molecule has 4 nitrogen and oxygen atoms in total. The monoisotopic (exact) mass is 369 g/mol. The Morgan fingerprint density at radius 2 is 1.21 bits per heavy atom. The number of benzene rings is 3. The molecule has 0 aliphatic heterocycles. The van der Waals surface area contributed by atoms with E-state index < -0.39 is 11.6 Å². The SMILES string of the molecule is NCC(O)c1cn(C(c2ccccc2)(c2ccccc2)c2ccccc2)cn1. The predicted octanol–water partition coefficient (Wildman–Crippen LogP) is 3.72. The summed E-state index contributed by atoms with van der Waals surface area (Å²) in [6.07, 6.45) is 2.88. The lowest BCUT2D eigenvalue weighted by molar-refractivity contribution is 0.182. The molecule has 3 aromatic carbocycles. The molecule has 4 rings (SSSR count). The van der Waals surface area contributed by atoms with Crippen LogP contribution in [0.15, 0.2) is 104 Å². The Morgan fingerprint density at radius 3 is 1.61 bits per heavy atom. The van der Waals surface area contributed by atoms with Crippen LogP contribution in [0.3, 0.4) is 0 Å². The molecule has 3 N–H and O–H groups in total. The number of aliphatic hydroxyl groups is 1. The fourth-order valence-corrected chi connectivity index (χ4v) is 3.80. The summed E-state index contributed by atoms with van der Waals surface area (Å²) in [5.74, 6) is 0. The minimum absolute atomic E-state index is 0.131. The lowest BCUT2D eigenvalue weighted by Gasteiger charge is -2.37. The first-order chi connectivity index (χ1) is 13.8. The van der Waals surface area contributed by atoms with Gasteiger partial charge < -0.3 is 15.4 Å². The molecule has 0 aliphatic carbocycles. The zero-order chi connectivity index (χ0) is 19.4. The van der Waals surface area contributed by atoms with E-state index in [-0.39, 0.29) is 6.54 Å². The van der Waals surface area contributed by atoms with Crippen LogP contribution in [0.4, 0.5) is 0 Å². The van der Waals surface area contributed by atoms with E-state index in [2.05, 4.69) is 45.9 Å². The molecule has 1 unspecified atom stereocenters. The summed E-state index contributed by atoms with van der Waals surface area (Å²) < 4.78 is 2.07. The Labute approximate surface area is 164 Å². The summed E-state index contributed by atoms with van der Waals surface area (Å²) in [5, 5.41) is 10.2. The minimum Gasteiger partial charge on any atom is -0.385 e. The number of imidazole rings is 1. The smallest absolute Gasteiger partial charge is 0.121 e. The molecule has 0 aliphatic rings. The van der Waals surface area contributed by atoms with Gasteiger partial charge in [0.15, 0.2) is 0 Å². The zero-order valence-corrected chi connectivity index (χ0v) is 15.5. The molecule has 0 amide bonds. The molecule has 28 heavy (non-hydrogen) atoms. The van der Waals surface area contributed by atoms with Gasteiger partial charge in [-0.15, -0.1) is 0 Å². The fraction of sp³-hybridized carbons (Fsp3) is 0.125. The van der Waals surface area contributed by atoms with Gasteiger partial charge >= 0.3 is 0 Å². The van der Waals surface area contributed by atoms with Crippen LogP contribution >= 0.6 is 0 Å². The summed E-state index contributed by atoms with van der Waals surface area (Å²) in [7, 11) is 0. The van der Waals surface area contributed by atoms with Crippen molar-refractivity contribution >= 4 is 0 Å². The Bertz CT molecular complexity index is 917. The topological polar surface area (TPSA) is 64.1 Å². The third-order valence-corrected chi connectivity index (χ3v) is 5.13. The summed E-state index contributed by atoms with van der Waals surface area (Å²) in [5.41, 5.74) is 8.93. The second-order valence-electron chi connectivity index (χ2n) is 6.77. The van der Waals surface area contributed by atoms with Gasteiger partial charge in [-0.05, 0) is 16.7 Å². The van der Waals surface area contributed by atoms with Crippen LogP contribution in [0.25, 0.3) is 0 Å². The van der Waals surface area contributed by atoms with Crippen molar-refractivity contribution in [2.24, 2.45) is 5.73 Å². The van der Waals surface area contributed by atoms with E-state index in [1.54, 1.807) is 6.33 Å². The highest BCUT2D eigenvalue weighted by atomic mass is 16.3. The lowest BCUT2D eigenvalue weighted by Crippen LogP contribution is -2.37. The number of hydrogen-bond acceptors (Lipinski definition) is 3. The van der Waals surface area contributed by atoms with Gasteiger partial charge in [-0.3, -0.25) is 0 Å². The molecule has 140 valence electrons. The van der Waals surface area contributed by atoms with E-state index >= 15 is 0 Å². The second-order valence-corrected chi connectivity index (χ2v) is 6.77. The van der Waals surface area contributed by atoms with E-state index in [9.17, 15) is 5.11 Å². The standard InChI is InChI=1S/C24H23N3O/c25-16-23(28)22-17-27(18-26-22)24(19-10-4-1-5-11-19,20-12-6-2-7-13-20)21-14-8-3-9-15-21/h1-15,17-18,23,28H,16,25H2. The van der Waals surface area contributed by atoms with E-state index in [1.165, 1.54) is 0 Å². The first-order valence-electron chi connectivity index (χ1n) is 9.36. The molecular weight excluding hydrogens is 346 g/mol. The van der Waals surface area contributed by atoms with Gasteiger partial charge in [-0.2, -0.15) is 0 Å². The van der Waals surface area contributed by atoms with E-state index in [1.807, 2.05) is 60.8 Å². The average molecular weight is 369 g/mol. The van der Waals surface area contributed by atoms with Crippen molar-refractivity contribution in [1.29, 1.82) is 0 Å². The first kappa shape index (κ1) is 18.2. The minimum atomic E-state index is -0.790. The number of nitrogens with zero attached hydrogens (tertiary/aromatic N) is 2. The number of rotatable bonds is 6. The van der Waals surface area contributed by atoms with Crippen molar-refractivity contribution in [2.45, 2.75) is 11.6 Å². The van der Waals surface area contributed by atoms with Gasteiger partial charge in [0, 0.05) is 12.7 Å². The van der Waals surface area contributed by atoms with Crippen molar-refractivity contribution in [1.82, 2.24) is 9.55 Å². The predicted molar refractivity (Wildman–Crippen MR) is 111 cm³/mol. The van der Waals surface area contributed by atoms with Gasteiger partial charge in [0.1, 0.15) is 11.6 Å². The van der Waals surface area contributed by atoms with Crippen LogP contribution in [-0.4, -0.2) is 21.2 Å². The molecule has 4 heteroatoms. The highest BCUT2D eigenvalue weighted by Crippen LogP contribution is 2.40. The van der Waals surface area contributed by atoms with Crippen molar-refractivity contribution in [3.63, 3.8) is 0 Å². The summed E-state index contributed by atoms with van der Waals surface area (Å²) in [4.78, 5) is 4.46. The van der Waals surface area contributed by atoms with Crippen molar-refractivity contribution in [2.75, 3.05) is 6.54 Å². The van der Waals surface area contributed by atoms with Crippen molar-refractivity contribution in [3.8, 4) is 0 Å². The number of nitrogens with two attached hydrogens (primary N) is 1. The van der Waals surface area contributed by atoms with Gasteiger partial charge in [-0.1, -0.05) is 91.0 Å². The Kier molecular flexibility index (Phi) is 5.06. The van der Waals surface area contributed by atoms with Crippen LogP contribution in [0.2, 0.25) is 0 Å². The maximum atomic E-state index is 10.2. The van der Waals surface area contributed by atoms with Crippen LogP contribution in [0.5, 0.6) is 0 Å². The van der Waals surface area contributed by atoms with E-state index in [4.69, 9.17) is 5.73 Å². The Hall–Kier alpha value is -3.21. The maximum absolute atomic E-state index is 10.2. The molecule has 0 fully saturated rings. The van der Waals surface area contributed by atoms with Crippen LogP contribution < -0.4 is 5.73 Å². The van der Waals surface area contributed by atoms with Gasteiger partial charge in [-0.25, -0.2) is 4.98 Å². The van der Waals surface area contributed by atoms with Crippen LogP contribution in [-0.2, 0) is 5.54 Å². The maximum Gasteiger partial charge on any atom is 0.121 e. The number of aromatic nitrogens is 2. The average Bonchev–Trinajstić information content (AvgIpc) is 3.26. The first-order valence-corrected chi connectivity index (χ1v) is 9.36. The Balaban J connectivity index is 2.06. The van der Waals surface area contributed by atoms with Gasteiger partial charge in [0.05, 0.1) is 12.0 Å². The molecule has 0 bridgehead atoms. The molecule has 0 saturated carbocycles. The van der Waals surface area contributed by atoms with Crippen LogP contribution in [0.1, 0.15) is 28.5 Å². The molecule has 0 radical (unpaired) electrons. The molecular formula is C24H23N3O. The molecule has 0 spiro atoms. The second kappa shape index (κ2) is 7.80. The normalized spacial score (nSPS) is 12.6. The third kappa shape index (κ3) is 3.03. The quantitative estimate of drug-likeness (QED) is 0.509. The molecule has 1 atom stereocenters. The summed E-state index contributed by atoms with van der Waals surface area (Å²) >= 11 is 0. The largest absolute Gasteiger partial charge is 0.385 e. The number of aliphatic hydroxyl groups excluding tert-OH is 1. The molecule has 0 saturated heterocycles. The number of hydrogen-bond donors (Lipinski definition) is 2. The Morgan fingerprint density at radius 1 is 0.786 bits per heavy atom. The summed E-state index contributed by atoms with van der Waals surface area (Å²) in [6.45, 7) is 0.131. The highest BCUT2D eigenvalue weighted by molar-refractivity contribution is 5.50. The lowest BCUT2D eigenvalue weighted by atomic mass is 9.77. The molecule has 1 aromatic heterocycles.